The van der Waals surface area contributed by atoms with Gasteiger partial charge in [0.1, 0.15) is 0 Å². The van der Waals surface area contributed by atoms with E-state index in [1.807, 2.05) is 29.2 Å². The van der Waals surface area contributed by atoms with Crippen LogP contribution in [-0.4, -0.2) is 70.1 Å². The Morgan fingerprint density at radius 1 is 1.19 bits per heavy atom. The van der Waals surface area contributed by atoms with Crippen molar-refractivity contribution in [3.63, 3.8) is 0 Å². The first kappa shape index (κ1) is 19.3. The van der Waals surface area contributed by atoms with Crippen LogP contribution < -0.4 is 5.32 Å². The summed E-state index contributed by atoms with van der Waals surface area (Å²) in [5, 5.41) is 33.2. The van der Waals surface area contributed by atoms with Crippen molar-refractivity contribution in [2.75, 3.05) is 19.7 Å². The second-order valence-corrected chi connectivity index (χ2v) is 7.44. The van der Waals surface area contributed by atoms with Gasteiger partial charge in [0.15, 0.2) is 0 Å². The highest BCUT2D eigenvalue weighted by molar-refractivity contribution is 5.86. The summed E-state index contributed by atoms with van der Waals surface area (Å²) in [7, 11) is 0. The largest absolute Gasteiger partial charge is 0.395 e. The molecule has 1 amide bonds. The van der Waals surface area contributed by atoms with Gasteiger partial charge >= 0.3 is 0 Å². The summed E-state index contributed by atoms with van der Waals surface area (Å²) in [6.07, 6.45) is 1.85. The van der Waals surface area contributed by atoms with Crippen LogP contribution in [0, 0.1) is 0 Å². The second kappa shape index (κ2) is 8.48. The van der Waals surface area contributed by atoms with Gasteiger partial charge in [-0.05, 0) is 30.5 Å². The Hall–Kier alpha value is -1.47. The lowest BCUT2D eigenvalue weighted by molar-refractivity contribution is -0.123. The fourth-order valence-corrected chi connectivity index (χ4v) is 4.24. The van der Waals surface area contributed by atoms with Crippen molar-refractivity contribution in [2.45, 2.75) is 62.8 Å². The van der Waals surface area contributed by atoms with E-state index in [2.05, 4.69) is 12.2 Å². The summed E-state index contributed by atoms with van der Waals surface area (Å²) in [6, 6.07) is 7.09. The van der Waals surface area contributed by atoms with Crippen LogP contribution in [0.15, 0.2) is 24.3 Å². The van der Waals surface area contributed by atoms with E-state index in [4.69, 9.17) is 0 Å². The minimum absolute atomic E-state index is 0.0358. The smallest absolute Gasteiger partial charge is 0.227 e. The molecule has 1 aliphatic heterocycles. The van der Waals surface area contributed by atoms with Gasteiger partial charge in [-0.25, -0.2) is 0 Å². The quantitative estimate of drug-likeness (QED) is 0.503. The molecule has 4 N–H and O–H groups in total. The van der Waals surface area contributed by atoms with Crippen molar-refractivity contribution in [1.29, 1.82) is 0 Å². The number of nitrogens with zero attached hydrogens (tertiary/aromatic N) is 1. The topological polar surface area (TPSA) is 93.0 Å². The average molecular weight is 362 g/mol. The molecule has 6 heteroatoms. The summed E-state index contributed by atoms with van der Waals surface area (Å²) in [5.74, 6) is -0.164. The molecule has 1 aromatic rings. The van der Waals surface area contributed by atoms with Crippen molar-refractivity contribution < 1.29 is 20.1 Å². The van der Waals surface area contributed by atoms with Gasteiger partial charge in [-0.2, -0.15) is 0 Å². The Kier molecular flexibility index (Phi) is 6.29. The number of likely N-dealkylation sites (tertiary alicyclic amines) is 1. The third-order valence-corrected chi connectivity index (χ3v) is 5.85. The van der Waals surface area contributed by atoms with Crippen LogP contribution >= 0.6 is 0 Å². The molecular weight excluding hydrogens is 332 g/mol. The molecule has 2 aliphatic rings. The molecule has 6 nitrogen and oxygen atoms in total. The number of aliphatic hydroxyl groups is 3. The highest BCUT2D eigenvalue weighted by atomic mass is 16.3. The standard InChI is InChI=1S/C20H30N2O4/c1-2-3-6-9-22-16(18(24)19(25)17(22)12-23)11-21-20(26)15-10-13-7-4-5-8-14(13)15/h4-5,7-8,15-19,23-25H,2-3,6,9-12H2,1H3,(H,21,26)/t15?,16-,17-,18-,19-/m1/s1. The number of aliphatic hydroxyl groups excluding tert-OH is 3. The molecule has 1 saturated heterocycles. The van der Waals surface area contributed by atoms with Gasteiger partial charge in [0.2, 0.25) is 5.91 Å². The number of fused-ring (bicyclic) bond motifs is 1. The fourth-order valence-electron chi connectivity index (χ4n) is 4.24. The SMILES string of the molecule is CCCCCN1[C@H](CO)[C@@H](O)[C@H](O)[C@H]1CNC(=O)C1Cc2ccccc21. The lowest BCUT2D eigenvalue weighted by Gasteiger charge is -2.32. The minimum Gasteiger partial charge on any atom is -0.395 e. The zero-order valence-corrected chi connectivity index (χ0v) is 15.3. The number of amides is 1. The summed E-state index contributed by atoms with van der Waals surface area (Å²) in [5.41, 5.74) is 2.29. The number of nitrogens with one attached hydrogen (secondary N) is 1. The maximum atomic E-state index is 12.5. The van der Waals surface area contributed by atoms with Crippen molar-refractivity contribution in [2.24, 2.45) is 0 Å². The van der Waals surface area contributed by atoms with Crippen LogP contribution in [-0.2, 0) is 11.2 Å². The van der Waals surface area contributed by atoms with E-state index in [0.29, 0.717) is 6.54 Å². The molecule has 0 saturated carbocycles. The summed E-state index contributed by atoms with van der Waals surface area (Å²) in [6.45, 7) is 2.88. The Morgan fingerprint density at radius 3 is 2.62 bits per heavy atom. The lowest BCUT2D eigenvalue weighted by atomic mass is 9.77. The van der Waals surface area contributed by atoms with Crippen LogP contribution in [0.5, 0.6) is 0 Å². The number of unbranched alkanes of at least 4 members (excludes halogenated alkanes) is 2. The summed E-state index contributed by atoms with van der Waals surface area (Å²) >= 11 is 0. The van der Waals surface area contributed by atoms with Gasteiger partial charge in [0, 0.05) is 6.54 Å². The predicted octanol–water partition coefficient (Wildman–Crippen LogP) is 0.400. The number of hydrogen-bond acceptors (Lipinski definition) is 5. The molecule has 0 bridgehead atoms. The van der Waals surface area contributed by atoms with Gasteiger partial charge in [0.05, 0.1) is 36.8 Å². The van der Waals surface area contributed by atoms with E-state index in [9.17, 15) is 20.1 Å². The summed E-state index contributed by atoms with van der Waals surface area (Å²) in [4.78, 5) is 14.5. The highest BCUT2D eigenvalue weighted by Gasteiger charge is 2.47. The summed E-state index contributed by atoms with van der Waals surface area (Å²) < 4.78 is 0. The number of hydrogen-bond donors (Lipinski definition) is 4. The van der Waals surface area contributed by atoms with E-state index in [1.165, 1.54) is 5.56 Å². The molecule has 1 fully saturated rings. The second-order valence-electron chi connectivity index (χ2n) is 7.44. The number of rotatable bonds is 8. The van der Waals surface area contributed by atoms with Crippen LogP contribution in [0.1, 0.15) is 43.2 Å². The molecule has 5 atom stereocenters. The third kappa shape index (κ3) is 3.64. The molecule has 0 spiro atoms. The van der Waals surface area contributed by atoms with E-state index >= 15 is 0 Å². The molecule has 3 rings (SSSR count). The number of carbonyl (C=O) groups is 1. The van der Waals surface area contributed by atoms with Crippen LogP contribution in [0.2, 0.25) is 0 Å². The molecule has 1 heterocycles. The van der Waals surface area contributed by atoms with Gasteiger partial charge in [0.25, 0.3) is 0 Å². The zero-order valence-electron chi connectivity index (χ0n) is 15.3. The Balaban J connectivity index is 1.60. The Morgan fingerprint density at radius 2 is 1.92 bits per heavy atom. The predicted molar refractivity (Wildman–Crippen MR) is 98.8 cm³/mol. The van der Waals surface area contributed by atoms with E-state index in [-0.39, 0.29) is 31.0 Å². The molecule has 1 aromatic carbocycles. The fraction of sp³-hybridized carbons (Fsp3) is 0.650. The zero-order chi connectivity index (χ0) is 18.7. The van der Waals surface area contributed by atoms with Crippen LogP contribution in [0.25, 0.3) is 0 Å². The van der Waals surface area contributed by atoms with Crippen molar-refractivity contribution >= 4 is 5.91 Å². The lowest BCUT2D eigenvalue weighted by Crippen LogP contribution is -2.49. The maximum absolute atomic E-state index is 12.5. The number of carbonyl (C=O) groups excluding carboxylic acids is 1. The first-order valence-corrected chi connectivity index (χ1v) is 9.66. The van der Waals surface area contributed by atoms with Gasteiger partial charge in [-0.15, -0.1) is 0 Å². The number of benzene rings is 1. The Labute approximate surface area is 154 Å². The monoisotopic (exact) mass is 362 g/mol. The van der Waals surface area contributed by atoms with Crippen LogP contribution in [0.3, 0.4) is 0 Å². The highest BCUT2D eigenvalue weighted by Crippen LogP contribution is 2.35. The van der Waals surface area contributed by atoms with Crippen molar-refractivity contribution in [3.8, 4) is 0 Å². The maximum Gasteiger partial charge on any atom is 0.227 e. The molecule has 1 aliphatic carbocycles. The van der Waals surface area contributed by atoms with E-state index in [0.717, 1.165) is 31.2 Å². The van der Waals surface area contributed by atoms with E-state index in [1.54, 1.807) is 0 Å². The molecule has 1 unspecified atom stereocenters. The Bertz CT molecular complexity index is 624. The first-order valence-electron chi connectivity index (χ1n) is 9.66. The first-order chi connectivity index (χ1) is 12.6. The molecule has 26 heavy (non-hydrogen) atoms. The normalized spacial score (nSPS) is 30.7. The van der Waals surface area contributed by atoms with Crippen molar-refractivity contribution in [1.82, 2.24) is 10.2 Å². The van der Waals surface area contributed by atoms with Gasteiger partial charge < -0.3 is 20.6 Å². The van der Waals surface area contributed by atoms with Gasteiger partial charge in [-0.3, -0.25) is 9.69 Å². The molecular formula is C20H30N2O4. The molecule has 144 valence electrons. The van der Waals surface area contributed by atoms with Crippen LogP contribution in [0.4, 0.5) is 0 Å². The van der Waals surface area contributed by atoms with Crippen molar-refractivity contribution in [3.05, 3.63) is 35.4 Å². The van der Waals surface area contributed by atoms with Gasteiger partial charge in [-0.1, -0.05) is 44.0 Å². The molecule has 0 radical (unpaired) electrons. The molecule has 0 aromatic heterocycles. The average Bonchev–Trinajstić information content (AvgIpc) is 2.84. The third-order valence-electron chi connectivity index (χ3n) is 5.85. The van der Waals surface area contributed by atoms with E-state index < -0.39 is 18.2 Å². The minimum atomic E-state index is -0.993.